The molecule has 2 saturated heterocycles. The van der Waals surface area contributed by atoms with Crippen molar-refractivity contribution < 1.29 is 43.3 Å². The van der Waals surface area contributed by atoms with Crippen molar-refractivity contribution in [2.75, 3.05) is 26.6 Å². The van der Waals surface area contributed by atoms with Crippen LogP contribution in [0.5, 0.6) is 11.5 Å². The Kier molecular flexibility index (Phi) is 9.68. The maximum absolute atomic E-state index is 14.5. The molecule has 0 bridgehead atoms. The molecule has 0 aromatic heterocycles. The van der Waals surface area contributed by atoms with Gasteiger partial charge in [0, 0.05) is 30.5 Å². The van der Waals surface area contributed by atoms with Crippen LogP contribution in [0.2, 0.25) is 0 Å². The molecule has 46 heavy (non-hydrogen) atoms. The predicted molar refractivity (Wildman–Crippen MR) is 166 cm³/mol. The molecule has 1 aromatic carbocycles. The van der Waals surface area contributed by atoms with Gasteiger partial charge in [-0.15, -0.1) is 0 Å². The molecule has 5 rings (SSSR count). The quantitative estimate of drug-likeness (QED) is 0.278. The van der Waals surface area contributed by atoms with E-state index in [0.29, 0.717) is 68.2 Å². The molecule has 1 spiro atoms. The number of carbonyl (C=O) groups excluding carboxylic acids is 3. The lowest BCUT2D eigenvalue weighted by Crippen LogP contribution is -2.57. The van der Waals surface area contributed by atoms with E-state index in [1.165, 1.54) is 0 Å². The second kappa shape index (κ2) is 13.4. The lowest BCUT2D eigenvalue weighted by molar-refractivity contribution is -0.137. The molecule has 252 valence electrons. The molecule has 0 saturated carbocycles. The number of carbonyl (C=O) groups is 3. The Morgan fingerprint density at radius 3 is 2.67 bits per heavy atom. The number of primary amides is 1. The summed E-state index contributed by atoms with van der Waals surface area (Å²) >= 11 is 0. The number of aliphatic hydroxyl groups excluding tert-OH is 1. The number of fused-ring (bicyclic) bond motifs is 1. The molecule has 4 aliphatic heterocycles. The highest BCUT2D eigenvalue weighted by Crippen LogP contribution is 2.42. The fraction of sp³-hybridized carbons (Fsp3) is 0.625. The number of rotatable bonds is 11. The summed E-state index contributed by atoms with van der Waals surface area (Å²) in [4.78, 5) is 47.1. The van der Waals surface area contributed by atoms with E-state index in [0.717, 1.165) is 5.56 Å². The monoisotopic (exact) mass is 643 g/mol. The maximum atomic E-state index is 14.5. The molecule has 6 atom stereocenters. The Hall–Kier alpha value is -4.04. The van der Waals surface area contributed by atoms with Crippen molar-refractivity contribution in [1.82, 2.24) is 15.5 Å². The second-order valence-corrected chi connectivity index (χ2v) is 13.5. The number of nitrogens with two attached hydrogens (primary N) is 1. The largest absolute Gasteiger partial charge is 0.454 e. The number of amides is 3. The Labute approximate surface area is 268 Å². The van der Waals surface area contributed by atoms with Crippen LogP contribution in [0.25, 0.3) is 0 Å². The van der Waals surface area contributed by atoms with Crippen molar-refractivity contribution in [3.8, 4) is 11.5 Å². The molecule has 0 radical (unpaired) electrons. The van der Waals surface area contributed by atoms with Crippen molar-refractivity contribution in [1.29, 1.82) is 0 Å². The molecular formula is C32H45N5O9. The highest BCUT2D eigenvalue weighted by Gasteiger charge is 2.54. The first kappa shape index (κ1) is 33.3. The van der Waals surface area contributed by atoms with Gasteiger partial charge >= 0.3 is 6.09 Å². The van der Waals surface area contributed by atoms with E-state index in [2.05, 4.69) is 22.4 Å². The topological polar surface area (TPSA) is 183 Å². The minimum Gasteiger partial charge on any atom is -0.454 e. The van der Waals surface area contributed by atoms with Gasteiger partial charge in [-0.05, 0) is 30.0 Å². The van der Waals surface area contributed by atoms with Gasteiger partial charge < -0.3 is 50.2 Å². The highest BCUT2D eigenvalue weighted by molar-refractivity contribution is 6.02. The minimum atomic E-state index is -1.46. The van der Waals surface area contributed by atoms with Crippen molar-refractivity contribution in [3.63, 3.8) is 0 Å². The Morgan fingerprint density at radius 2 is 2.00 bits per heavy atom. The molecule has 14 nitrogen and oxygen atoms in total. The number of hydrogen-bond donors (Lipinski definition) is 4. The third-order valence-electron chi connectivity index (χ3n) is 8.81. The van der Waals surface area contributed by atoms with E-state index in [9.17, 15) is 19.5 Å². The number of ether oxygens (including phenoxy) is 4. The number of likely N-dealkylation sites (tertiary alicyclic amines) is 1. The summed E-state index contributed by atoms with van der Waals surface area (Å²) in [6, 6.07) is 3.23. The summed E-state index contributed by atoms with van der Waals surface area (Å²) in [5.74, 6) is 0.0423. The van der Waals surface area contributed by atoms with E-state index < -0.39 is 47.2 Å². The van der Waals surface area contributed by atoms with E-state index in [1.54, 1.807) is 4.90 Å². The number of hydrogen-bond acceptors (Lipinski definition) is 11. The standard InChI is InChI=1S/C32H45N5O9/c1-6-7-21(26(38)28(33)39)34-18(2)23-14-32(13-22(36-46-32)19-8-9-24-25(12-19)44-17-43-24)16-37(23)29(40)27(31(3,4)5)35-30(41)45-20-10-11-42-15-20/h8-9,12,20-21,23,26-27,34,38H,2,6-7,10-11,13-17H2,1,3-5H3,(H2,33,39)(H,35,41)/t20-,21-,23?,26?,27?,32+/m0/s1. The zero-order chi connectivity index (χ0) is 33.2. The number of oxime groups is 1. The Balaban J connectivity index is 1.39. The molecule has 5 N–H and O–H groups in total. The number of benzene rings is 1. The van der Waals surface area contributed by atoms with Crippen LogP contribution in [0.1, 0.15) is 65.4 Å². The average Bonchev–Trinajstić information content (AvgIpc) is 3.82. The average molecular weight is 644 g/mol. The normalized spacial score (nSPS) is 25.4. The van der Waals surface area contributed by atoms with Gasteiger partial charge in [0.15, 0.2) is 23.2 Å². The van der Waals surface area contributed by atoms with Crippen molar-refractivity contribution in [2.24, 2.45) is 16.3 Å². The van der Waals surface area contributed by atoms with Gasteiger partial charge in [0.1, 0.15) is 12.1 Å². The summed E-state index contributed by atoms with van der Waals surface area (Å²) in [5.41, 5.74) is 5.73. The highest BCUT2D eigenvalue weighted by atomic mass is 16.7. The first-order valence-corrected chi connectivity index (χ1v) is 15.7. The third-order valence-corrected chi connectivity index (χ3v) is 8.81. The molecule has 0 aliphatic carbocycles. The van der Waals surface area contributed by atoms with E-state index >= 15 is 0 Å². The number of alkyl carbamates (subject to hydrolysis) is 1. The van der Waals surface area contributed by atoms with E-state index in [1.807, 2.05) is 45.9 Å². The lowest BCUT2D eigenvalue weighted by Gasteiger charge is -2.37. The van der Waals surface area contributed by atoms with Gasteiger partial charge in [0.25, 0.3) is 0 Å². The first-order valence-electron chi connectivity index (χ1n) is 15.7. The number of nitrogens with zero attached hydrogens (tertiary/aromatic N) is 2. The van der Waals surface area contributed by atoms with Gasteiger partial charge in [-0.1, -0.05) is 45.9 Å². The van der Waals surface area contributed by atoms with Crippen LogP contribution in [0.3, 0.4) is 0 Å². The van der Waals surface area contributed by atoms with Crippen LogP contribution in [0.15, 0.2) is 35.6 Å². The summed E-state index contributed by atoms with van der Waals surface area (Å²) in [6.45, 7) is 12.8. The third kappa shape index (κ3) is 7.17. The van der Waals surface area contributed by atoms with Gasteiger partial charge in [0.2, 0.25) is 18.6 Å². The maximum Gasteiger partial charge on any atom is 0.408 e. The van der Waals surface area contributed by atoms with Crippen LogP contribution in [0.4, 0.5) is 4.79 Å². The smallest absolute Gasteiger partial charge is 0.408 e. The van der Waals surface area contributed by atoms with E-state index in [-0.39, 0.29) is 25.3 Å². The van der Waals surface area contributed by atoms with Gasteiger partial charge in [-0.25, -0.2) is 4.79 Å². The Bertz CT molecular complexity index is 1370. The number of nitrogens with one attached hydrogen (secondary N) is 2. The summed E-state index contributed by atoms with van der Waals surface area (Å²) in [7, 11) is 0. The van der Waals surface area contributed by atoms with Gasteiger partial charge in [0.05, 0.1) is 37.6 Å². The van der Waals surface area contributed by atoms with Crippen molar-refractivity contribution in [2.45, 2.75) is 95.7 Å². The van der Waals surface area contributed by atoms with Gasteiger partial charge in [-0.3, -0.25) is 9.59 Å². The van der Waals surface area contributed by atoms with Crippen LogP contribution < -0.4 is 25.8 Å². The van der Waals surface area contributed by atoms with Crippen LogP contribution >= 0.6 is 0 Å². The summed E-state index contributed by atoms with van der Waals surface area (Å²) < 4.78 is 21.8. The van der Waals surface area contributed by atoms with Crippen molar-refractivity contribution >= 4 is 23.6 Å². The molecule has 2 fully saturated rings. The molecule has 3 unspecified atom stereocenters. The molecule has 4 heterocycles. The second-order valence-electron chi connectivity index (χ2n) is 13.5. The SMILES string of the molecule is C=C(N[C@@H](CCC)C(O)C(N)=O)C1C[C@]2(CC(c3ccc4c(c3)OCO4)=NO2)CN1C(=O)C(NC(=O)O[C@H]1CCOC1)C(C)(C)C. The molecule has 1 aromatic rings. The van der Waals surface area contributed by atoms with Crippen LogP contribution in [-0.2, 0) is 23.9 Å². The van der Waals surface area contributed by atoms with Crippen LogP contribution in [0, 0.1) is 5.41 Å². The van der Waals surface area contributed by atoms with Gasteiger partial charge in [-0.2, -0.15) is 0 Å². The van der Waals surface area contributed by atoms with Crippen LogP contribution in [-0.4, -0.2) is 96.1 Å². The fourth-order valence-corrected chi connectivity index (χ4v) is 6.31. The number of aliphatic hydroxyl groups is 1. The Morgan fingerprint density at radius 1 is 1.24 bits per heavy atom. The summed E-state index contributed by atoms with van der Waals surface area (Å²) in [6.07, 6.45) is -0.161. The predicted octanol–water partition coefficient (Wildman–Crippen LogP) is 1.93. The minimum absolute atomic E-state index is 0.144. The molecular weight excluding hydrogens is 598 g/mol. The van der Waals surface area contributed by atoms with Crippen molar-refractivity contribution in [3.05, 3.63) is 36.0 Å². The molecule has 4 aliphatic rings. The zero-order valence-electron chi connectivity index (χ0n) is 26.9. The fourth-order valence-electron chi connectivity index (χ4n) is 6.31. The first-order chi connectivity index (χ1) is 21.8. The lowest BCUT2D eigenvalue weighted by atomic mass is 9.85. The van der Waals surface area contributed by atoms with E-state index in [4.69, 9.17) is 29.5 Å². The molecule has 14 heteroatoms. The molecule has 3 amide bonds. The zero-order valence-corrected chi connectivity index (χ0v) is 26.9. The summed E-state index contributed by atoms with van der Waals surface area (Å²) in [5, 5.41) is 20.9.